The van der Waals surface area contributed by atoms with Gasteiger partial charge in [-0.2, -0.15) is 5.26 Å². The minimum absolute atomic E-state index is 0.0535. The van der Waals surface area contributed by atoms with Crippen molar-refractivity contribution in [1.82, 2.24) is 0 Å². The minimum Gasteiger partial charge on any atom is -0.411 e. The van der Waals surface area contributed by atoms with E-state index in [0.29, 0.717) is 0 Å². The first-order chi connectivity index (χ1) is 6.63. The standard InChI is InChI=1S/C8H7N3O3/c9-5-8(6-10-12)3-1-7(2-4-8)11(13)14/h1-3,6,12H,4H2. The molecular weight excluding hydrogens is 186 g/mol. The van der Waals surface area contributed by atoms with Crippen molar-refractivity contribution >= 4 is 6.21 Å². The summed E-state index contributed by atoms with van der Waals surface area (Å²) in [5.41, 5.74) is -1.11. The first kappa shape index (κ1) is 9.92. The van der Waals surface area contributed by atoms with Crippen LogP contribution in [0.15, 0.2) is 29.1 Å². The molecule has 0 bridgehead atoms. The number of hydrogen-bond donors (Lipinski definition) is 1. The van der Waals surface area contributed by atoms with E-state index in [9.17, 15) is 10.1 Å². The summed E-state index contributed by atoms with van der Waals surface area (Å²) in [5.74, 6) is 0. The van der Waals surface area contributed by atoms with Gasteiger partial charge < -0.3 is 5.21 Å². The van der Waals surface area contributed by atoms with Gasteiger partial charge in [0.15, 0.2) is 0 Å². The summed E-state index contributed by atoms with van der Waals surface area (Å²) in [6.45, 7) is 0. The van der Waals surface area contributed by atoms with E-state index in [2.05, 4.69) is 5.16 Å². The van der Waals surface area contributed by atoms with Crippen LogP contribution in [0.25, 0.3) is 0 Å². The summed E-state index contributed by atoms with van der Waals surface area (Å²) in [6, 6.07) is 1.91. The molecule has 0 radical (unpaired) electrons. The Morgan fingerprint density at radius 3 is 2.93 bits per heavy atom. The smallest absolute Gasteiger partial charge is 0.265 e. The lowest BCUT2D eigenvalue weighted by Crippen LogP contribution is -2.20. The van der Waals surface area contributed by atoms with Crippen molar-refractivity contribution in [2.45, 2.75) is 6.42 Å². The highest BCUT2D eigenvalue weighted by Crippen LogP contribution is 2.27. The van der Waals surface area contributed by atoms with Gasteiger partial charge in [0, 0.05) is 6.08 Å². The Balaban J connectivity index is 2.92. The number of nitrogens with zero attached hydrogens (tertiary/aromatic N) is 3. The van der Waals surface area contributed by atoms with Crippen LogP contribution in [0.5, 0.6) is 0 Å². The largest absolute Gasteiger partial charge is 0.411 e. The maximum Gasteiger partial charge on any atom is 0.265 e. The molecule has 0 aromatic heterocycles. The van der Waals surface area contributed by atoms with Crippen molar-refractivity contribution in [3.8, 4) is 6.07 Å². The van der Waals surface area contributed by atoms with E-state index in [4.69, 9.17) is 10.5 Å². The summed E-state index contributed by atoms with van der Waals surface area (Å²) in [5, 5.41) is 30.2. The van der Waals surface area contributed by atoms with Crippen molar-refractivity contribution in [2.75, 3.05) is 0 Å². The Kier molecular flexibility index (Phi) is 2.62. The molecule has 0 aliphatic heterocycles. The second-order valence-corrected chi connectivity index (χ2v) is 2.82. The van der Waals surface area contributed by atoms with Crippen molar-refractivity contribution in [3.05, 3.63) is 34.0 Å². The van der Waals surface area contributed by atoms with Crippen LogP contribution in [-0.4, -0.2) is 16.3 Å². The molecule has 0 amide bonds. The van der Waals surface area contributed by atoms with Crippen LogP contribution < -0.4 is 0 Å². The van der Waals surface area contributed by atoms with Gasteiger partial charge in [0.05, 0.1) is 17.2 Å². The highest BCUT2D eigenvalue weighted by atomic mass is 16.6. The lowest BCUT2D eigenvalue weighted by atomic mass is 9.84. The lowest BCUT2D eigenvalue weighted by molar-refractivity contribution is -0.419. The Hall–Kier alpha value is -2.16. The van der Waals surface area contributed by atoms with Crippen molar-refractivity contribution in [2.24, 2.45) is 10.6 Å². The first-order valence-corrected chi connectivity index (χ1v) is 3.77. The topological polar surface area (TPSA) is 99.5 Å². The Morgan fingerprint density at radius 2 is 2.57 bits per heavy atom. The van der Waals surface area contributed by atoms with Gasteiger partial charge in [-0.3, -0.25) is 10.1 Å². The van der Waals surface area contributed by atoms with E-state index in [1.807, 2.05) is 6.07 Å². The Morgan fingerprint density at radius 1 is 1.86 bits per heavy atom. The highest BCUT2D eigenvalue weighted by molar-refractivity contribution is 5.73. The molecule has 1 unspecified atom stereocenters. The van der Waals surface area contributed by atoms with Gasteiger partial charge in [-0.15, -0.1) is 5.16 Å². The normalized spacial score (nSPS) is 25.8. The van der Waals surface area contributed by atoms with E-state index < -0.39 is 10.3 Å². The number of rotatable bonds is 2. The summed E-state index contributed by atoms with van der Waals surface area (Å²) in [4.78, 5) is 9.80. The zero-order chi connectivity index (χ0) is 10.6. The number of allylic oxidation sites excluding steroid dienone is 3. The van der Waals surface area contributed by atoms with Crippen LogP contribution in [0.3, 0.4) is 0 Å². The molecule has 0 saturated carbocycles. The fourth-order valence-corrected chi connectivity index (χ4v) is 1.09. The van der Waals surface area contributed by atoms with Gasteiger partial charge in [-0.25, -0.2) is 0 Å². The van der Waals surface area contributed by atoms with Crippen LogP contribution in [0, 0.1) is 26.9 Å². The fourth-order valence-electron chi connectivity index (χ4n) is 1.09. The monoisotopic (exact) mass is 193 g/mol. The van der Waals surface area contributed by atoms with Gasteiger partial charge in [-0.05, 0) is 12.5 Å². The summed E-state index contributed by atoms with van der Waals surface area (Å²) in [7, 11) is 0. The third kappa shape index (κ3) is 1.77. The first-order valence-electron chi connectivity index (χ1n) is 3.77. The van der Waals surface area contributed by atoms with E-state index >= 15 is 0 Å². The van der Waals surface area contributed by atoms with Crippen LogP contribution in [0.4, 0.5) is 0 Å². The number of oxime groups is 1. The number of nitro groups is 1. The van der Waals surface area contributed by atoms with Gasteiger partial charge >= 0.3 is 0 Å². The molecule has 0 spiro atoms. The number of hydrogen-bond acceptors (Lipinski definition) is 5. The maximum absolute atomic E-state index is 10.3. The summed E-state index contributed by atoms with van der Waals surface area (Å²) >= 11 is 0. The Bertz CT molecular complexity index is 378. The average molecular weight is 193 g/mol. The third-order valence-corrected chi connectivity index (χ3v) is 1.91. The SMILES string of the molecule is N#CC1(C=NO)C=CC([N+](=O)[O-])=CC1. The molecule has 0 saturated heterocycles. The van der Waals surface area contributed by atoms with Crippen LogP contribution in [0.2, 0.25) is 0 Å². The third-order valence-electron chi connectivity index (χ3n) is 1.91. The van der Waals surface area contributed by atoms with E-state index in [1.165, 1.54) is 18.2 Å². The fraction of sp³-hybridized carbons (Fsp3) is 0.250. The molecule has 14 heavy (non-hydrogen) atoms. The maximum atomic E-state index is 10.3. The van der Waals surface area contributed by atoms with Gasteiger partial charge in [0.2, 0.25) is 0 Å². The van der Waals surface area contributed by atoms with E-state index in [0.717, 1.165) is 6.21 Å². The molecule has 1 rings (SSSR count). The van der Waals surface area contributed by atoms with E-state index in [-0.39, 0.29) is 12.1 Å². The van der Waals surface area contributed by atoms with Gasteiger partial charge in [-0.1, -0.05) is 6.08 Å². The average Bonchev–Trinajstić information content (AvgIpc) is 2.19. The predicted octanol–water partition coefficient (Wildman–Crippen LogP) is 1.08. The van der Waals surface area contributed by atoms with Crippen LogP contribution >= 0.6 is 0 Å². The second-order valence-electron chi connectivity index (χ2n) is 2.82. The van der Waals surface area contributed by atoms with Crippen LogP contribution in [0.1, 0.15) is 6.42 Å². The predicted molar refractivity (Wildman–Crippen MR) is 47.2 cm³/mol. The molecule has 72 valence electrons. The molecule has 6 heteroatoms. The molecule has 0 fully saturated rings. The molecule has 1 N–H and O–H groups in total. The quantitative estimate of drug-likeness (QED) is 0.307. The highest BCUT2D eigenvalue weighted by Gasteiger charge is 2.29. The summed E-state index contributed by atoms with van der Waals surface area (Å²) < 4.78 is 0. The lowest BCUT2D eigenvalue weighted by Gasteiger charge is -2.16. The van der Waals surface area contributed by atoms with Crippen LogP contribution in [-0.2, 0) is 0 Å². The molecule has 0 aromatic carbocycles. The molecule has 0 heterocycles. The van der Waals surface area contributed by atoms with Crippen molar-refractivity contribution in [3.63, 3.8) is 0 Å². The van der Waals surface area contributed by atoms with Crippen molar-refractivity contribution < 1.29 is 10.1 Å². The number of nitriles is 1. The molecule has 1 atom stereocenters. The van der Waals surface area contributed by atoms with E-state index in [1.54, 1.807) is 0 Å². The zero-order valence-electron chi connectivity index (χ0n) is 7.12. The van der Waals surface area contributed by atoms with Gasteiger partial charge in [0.25, 0.3) is 5.70 Å². The molecular formula is C8H7N3O3. The summed E-state index contributed by atoms with van der Waals surface area (Å²) in [6.07, 6.45) is 5.10. The Labute approximate surface area is 79.6 Å². The molecule has 0 aromatic rings. The molecule has 1 aliphatic carbocycles. The van der Waals surface area contributed by atoms with Crippen molar-refractivity contribution in [1.29, 1.82) is 5.26 Å². The zero-order valence-corrected chi connectivity index (χ0v) is 7.12. The van der Waals surface area contributed by atoms with Gasteiger partial charge in [0.1, 0.15) is 5.41 Å². The molecule has 6 nitrogen and oxygen atoms in total. The second kappa shape index (κ2) is 3.70. The minimum atomic E-state index is -1.06. The molecule has 1 aliphatic rings.